The van der Waals surface area contributed by atoms with E-state index in [4.69, 9.17) is 9.47 Å². The second-order valence-corrected chi connectivity index (χ2v) is 10.0. The number of carbonyl (C=O) groups is 2. The molecule has 0 radical (unpaired) electrons. The number of esters is 1. The van der Waals surface area contributed by atoms with Gasteiger partial charge in [-0.25, -0.2) is 0 Å². The van der Waals surface area contributed by atoms with Gasteiger partial charge in [-0.2, -0.15) is 0 Å². The number of fused-ring (bicyclic) bond motifs is 3. The number of allylic oxidation sites excluding steroid dienone is 1. The van der Waals surface area contributed by atoms with E-state index >= 15 is 0 Å². The molecule has 4 heteroatoms. The molecule has 0 aromatic carbocycles. The van der Waals surface area contributed by atoms with Crippen molar-refractivity contribution in [1.29, 1.82) is 0 Å². The van der Waals surface area contributed by atoms with Crippen LogP contribution in [0.1, 0.15) is 66.2 Å². The molecule has 7 atom stereocenters. The summed E-state index contributed by atoms with van der Waals surface area (Å²) in [5.74, 6) is 0.852. The third kappa shape index (κ3) is 2.51. The zero-order valence-electron chi connectivity index (χ0n) is 16.5. The molecule has 2 aliphatic carbocycles. The molecule has 26 heavy (non-hydrogen) atoms. The first-order valence-corrected chi connectivity index (χ1v) is 10.2. The quantitative estimate of drug-likeness (QED) is 0.545. The molecule has 0 aromatic rings. The van der Waals surface area contributed by atoms with E-state index in [-0.39, 0.29) is 29.0 Å². The van der Waals surface area contributed by atoms with Crippen LogP contribution in [0.2, 0.25) is 0 Å². The molecule has 0 spiro atoms. The van der Waals surface area contributed by atoms with Gasteiger partial charge in [-0.15, -0.1) is 0 Å². The van der Waals surface area contributed by atoms with Crippen LogP contribution in [0.3, 0.4) is 0 Å². The van der Waals surface area contributed by atoms with Crippen molar-refractivity contribution >= 4 is 11.8 Å². The molecular formula is C22H32O4. The Morgan fingerprint density at radius 1 is 1.23 bits per heavy atom. The molecule has 2 heterocycles. The average Bonchev–Trinajstić information content (AvgIpc) is 2.97. The number of hydrogen-bond acceptors (Lipinski definition) is 4. The van der Waals surface area contributed by atoms with Gasteiger partial charge in [0.2, 0.25) is 6.29 Å². The first-order valence-electron chi connectivity index (χ1n) is 10.2. The lowest BCUT2D eigenvalue weighted by Crippen LogP contribution is -2.47. The summed E-state index contributed by atoms with van der Waals surface area (Å²) in [6, 6.07) is 0. The Hall–Kier alpha value is -1.16. The predicted octanol–water partition coefficient (Wildman–Crippen LogP) is 4.28. The van der Waals surface area contributed by atoms with Crippen LogP contribution in [0, 0.1) is 34.5 Å². The second-order valence-electron chi connectivity index (χ2n) is 10.0. The first kappa shape index (κ1) is 18.2. The highest BCUT2D eigenvalue weighted by Crippen LogP contribution is 2.65. The van der Waals surface area contributed by atoms with Crippen LogP contribution in [0.5, 0.6) is 0 Å². The molecule has 2 aliphatic heterocycles. The Bertz CT molecular complexity index is 651. The van der Waals surface area contributed by atoms with Crippen LogP contribution in [-0.2, 0) is 19.1 Å². The smallest absolute Gasteiger partial charge is 0.308 e. The summed E-state index contributed by atoms with van der Waals surface area (Å²) in [6.07, 6.45) is 5.02. The number of ether oxygens (including phenoxy) is 2. The third-order valence-electron chi connectivity index (χ3n) is 8.11. The Morgan fingerprint density at radius 3 is 2.65 bits per heavy atom. The molecule has 144 valence electrons. The minimum atomic E-state index is -0.571. The van der Waals surface area contributed by atoms with Crippen molar-refractivity contribution in [3.63, 3.8) is 0 Å². The van der Waals surface area contributed by atoms with Crippen LogP contribution in [0.4, 0.5) is 0 Å². The maximum absolute atomic E-state index is 12.2. The van der Waals surface area contributed by atoms with E-state index in [2.05, 4.69) is 27.4 Å². The summed E-state index contributed by atoms with van der Waals surface area (Å²) >= 11 is 0. The average molecular weight is 360 g/mol. The van der Waals surface area contributed by atoms with Crippen LogP contribution in [0.25, 0.3) is 0 Å². The van der Waals surface area contributed by atoms with E-state index in [1.807, 2.05) is 0 Å². The fourth-order valence-electron chi connectivity index (χ4n) is 6.95. The van der Waals surface area contributed by atoms with Gasteiger partial charge in [-0.05, 0) is 61.7 Å². The van der Waals surface area contributed by atoms with Crippen molar-refractivity contribution in [3.8, 4) is 0 Å². The number of hydrogen-bond donors (Lipinski definition) is 0. The van der Waals surface area contributed by atoms with Crippen LogP contribution in [0.15, 0.2) is 12.2 Å². The largest absolute Gasteiger partial charge is 0.435 e. The fraction of sp³-hybridized carbons (Fsp3) is 0.818. The lowest BCUT2D eigenvalue weighted by molar-refractivity contribution is -0.195. The van der Waals surface area contributed by atoms with Gasteiger partial charge in [0.25, 0.3) is 0 Å². The third-order valence-corrected chi connectivity index (χ3v) is 8.11. The number of ketones is 1. The molecule has 0 unspecified atom stereocenters. The van der Waals surface area contributed by atoms with Crippen molar-refractivity contribution in [2.24, 2.45) is 34.5 Å². The van der Waals surface area contributed by atoms with Crippen LogP contribution in [-0.4, -0.2) is 24.1 Å². The molecule has 2 bridgehead atoms. The summed E-state index contributed by atoms with van der Waals surface area (Å²) in [5.41, 5.74) is 1.63. The first-order chi connectivity index (χ1) is 12.1. The second kappa shape index (κ2) is 5.92. The van der Waals surface area contributed by atoms with Crippen LogP contribution < -0.4 is 0 Å². The van der Waals surface area contributed by atoms with E-state index in [0.717, 1.165) is 12.8 Å². The van der Waals surface area contributed by atoms with Crippen molar-refractivity contribution < 1.29 is 19.1 Å². The van der Waals surface area contributed by atoms with Gasteiger partial charge >= 0.3 is 5.97 Å². The van der Waals surface area contributed by atoms with Gasteiger partial charge in [-0.1, -0.05) is 32.9 Å². The highest BCUT2D eigenvalue weighted by atomic mass is 16.7. The summed E-state index contributed by atoms with van der Waals surface area (Å²) in [4.78, 5) is 24.2. The molecule has 2 saturated heterocycles. The lowest BCUT2D eigenvalue weighted by Gasteiger charge is -2.46. The maximum atomic E-state index is 12.2. The van der Waals surface area contributed by atoms with Crippen LogP contribution >= 0.6 is 0 Å². The highest BCUT2D eigenvalue weighted by Gasteiger charge is 2.64. The molecular weight excluding hydrogens is 328 g/mol. The van der Waals surface area contributed by atoms with Gasteiger partial charge in [0.1, 0.15) is 6.10 Å². The van der Waals surface area contributed by atoms with Crippen molar-refractivity contribution in [1.82, 2.24) is 0 Å². The zero-order valence-corrected chi connectivity index (χ0v) is 16.5. The molecule has 4 rings (SSSR count). The Balaban J connectivity index is 1.73. The maximum Gasteiger partial charge on any atom is 0.308 e. The normalized spacial score (nSPS) is 47.2. The Morgan fingerprint density at radius 2 is 1.96 bits per heavy atom. The van der Waals surface area contributed by atoms with Gasteiger partial charge in [-0.3, -0.25) is 9.59 Å². The highest BCUT2D eigenvalue weighted by molar-refractivity contribution is 5.83. The lowest BCUT2D eigenvalue weighted by atomic mass is 9.58. The molecule has 4 nitrogen and oxygen atoms in total. The van der Waals surface area contributed by atoms with E-state index in [1.165, 1.54) is 24.8 Å². The standard InChI is InChI=1S/C22H32O4/c1-12-7-6-9-21(3,4)15-8-10-22(5,17(12)15)18-14-11-16(24)25-20(18)26-19(14)13(2)23/h14-15,17-20H,1,6-11H2,2-5H3/t14-,15-,17-,18+,19+,20-,22-/m1/s1. The number of Topliss-reactive ketones (excluding diaryl/α,β-unsaturated/α-hetero) is 1. The Kier molecular flexibility index (Phi) is 4.15. The van der Waals surface area contributed by atoms with Gasteiger partial charge in [0.15, 0.2) is 5.78 Å². The van der Waals surface area contributed by atoms with Crippen molar-refractivity contribution in [2.45, 2.75) is 78.6 Å². The SMILES string of the molecule is C=C1CCCC(C)(C)[C@@H]2CC[C@@](C)([C@@H]3[C@@H]4OC(=O)C[C@H]3[C@H](C(C)=O)O4)[C@H]12. The Labute approximate surface area is 156 Å². The minimum absolute atomic E-state index is 0.0129. The fourth-order valence-corrected chi connectivity index (χ4v) is 6.95. The van der Waals surface area contributed by atoms with E-state index < -0.39 is 12.4 Å². The molecule has 0 aromatic heterocycles. The van der Waals surface area contributed by atoms with Crippen molar-refractivity contribution in [2.75, 3.05) is 0 Å². The van der Waals surface area contributed by atoms with Crippen molar-refractivity contribution in [3.05, 3.63) is 12.2 Å². The number of carbonyl (C=O) groups excluding carboxylic acids is 2. The monoisotopic (exact) mass is 360 g/mol. The topological polar surface area (TPSA) is 52.6 Å². The molecule has 0 N–H and O–H groups in total. The summed E-state index contributed by atoms with van der Waals surface area (Å²) < 4.78 is 11.6. The van der Waals surface area contributed by atoms with Gasteiger partial charge in [0, 0.05) is 11.8 Å². The van der Waals surface area contributed by atoms with E-state index in [1.54, 1.807) is 6.92 Å². The molecule has 4 aliphatic rings. The summed E-state index contributed by atoms with van der Waals surface area (Å²) in [7, 11) is 0. The summed E-state index contributed by atoms with van der Waals surface area (Å²) in [5, 5.41) is 0. The summed E-state index contributed by atoms with van der Waals surface area (Å²) in [6.45, 7) is 13.2. The van der Waals surface area contributed by atoms with Gasteiger partial charge in [0.05, 0.1) is 6.42 Å². The number of rotatable bonds is 2. The minimum Gasteiger partial charge on any atom is -0.435 e. The molecule has 2 saturated carbocycles. The predicted molar refractivity (Wildman–Crippen MR) is 98.1 cm³/mol. The van der Waals surface area contributed by atoms with Gasteiger partial charge < -0.3 is 9.47 Å². The zero-order chi connectivity index (χ0) is 18.9. The van der Waals surface area contributed by atoms with E-state index in [0.29, 0.717) is 23.7 Å². The van der Waals surface area contributed by atoms with E-state index in [9.17, 15) is 9.59 Å². The molecule has 4 fully saturated rings. The molecule has 0 amide bonds.